The number of nitrogens with two attached hydrogens (primary N) is 1. The topological polar surface area (TPSA) is 85.8 Å². The number of amides is 1. The second-order valence-corrected chi connectivity index (χ2v) is 6.27. The number of hydrogen-bond acceptors (Lipinski definition) is 4. The van der Waals surface area contributed by atoms with Crippen LogP contribution < -0.4 is 11.1 Å². The van der Waals surface area contributed by atoms with Crippen molar-refractivity contribution in [3.05, 3.63) is 12.2 Å². The van der Waals surface area contributed by atoms with Crippen LogP contribution in [-0.4, -0.2) is 26.2 Å². The Bertz CT molecular complexity index is 476. The minimum atomic E-state index is -0.395. The predicted octanol–water partition coefficient (Wildman–Crippen LogP) is 2.23. The van der Waals surface area contributed by atoms with Gasteiger partial charge in [-0.2, -0.15) is 0 Å². The molecule has 1 fully saturated rings. The SMILES string of the molecule is CC(C)n1cnnc1CNC(=O)C1CCCCC1(C)N.Cl.Cl. The molecule has 1 amide bonds. The number of hydrogen-bond donors (Lipinski definition) is 2. The van der Waals surface area contributed by atoms with Crippen molar-refractivity contribution in [2.75, 3.05) is 0 Å². The van der Waals surface area contributed by atoms with Gasteiger partial charge in [-0.1, -0.05) is 12.8 Å². The summed E-state index contributed by atoms with van der Waals surface area (Å²) < 4.78 is 1.96. The third kappa shape index (κ3) is 4.83. The van der Waals surface area contributed by atoms with Crippen molar-refractivity contribution in [1.29, 1.82) is 0 Å². The fraction of sp³-hybridized carbons (Fsp3) is 0.786. The highest BCUT2D eigenvalue weighted by Crippen LogP contribution is 2.31. The third-order valence-corrected chi connectivity index (χ3v) is 4.20. The summed E-state index contributed by atoms with van der Waals surface area (Å²) in [4.78, 5) is 12.3. The molecular weight excluding hydrogens is 325 g/mol. The fourth-order valence-corrected chi connectivity index (χ4v) is 2.90. The van der Waals surface area contributed by atoms with Gasteiger partial charge in [-0.25, -0.2) is 0 Å². The minimum absolute atomic E-state index is 0. The molecule has 2 atom stereocenters. The first kappa shape index (κ1) is 21.1. The summed E-state index contributed by atoms with van der Waals surface area (Å²) in [5.74, 6) is 0.711. The molecule has 1 aliphatic rings. The van der Waals surface area contributed by atoms with Crippen molar-refractivity contribution in [1.82, 2.24) is 20.1 Å². The van der Waals surface area contributed by atoms with Crippen molar-refractivity contribution < 1.29 is 4.79 Å². The molecular formula is C14H27Cl2N5O. The maximum Gasteiger partial charge on any atom is 0.225 e. The zero-order valence-corrected chi connectivity index (χ0v) is 15.0. The zero-order valence-electron chi connectivity index (χ0n) is 13.4. The molecule has 2 unspecified atom stereocenters. The molecule has 0 radical (unpaired) electrons. The predicted molar refractivity (Wildman–Crippen MR) is 91.3 cm³/mol. The van der Waals surface area contributed by atoms with Crippen LogP contribution in [0, 0.1) is 5.92 Å². The van der Waals surface area contributed by atoms with E-state index in [1.807, 2.05) is 11.5 Å². The lowest BCUT2D eigenvalue weighted by Gasteiger charge is -2.37. The molecule has 22 heavy (non-hydrogen) atoms. The zero-order chi connectivity index (χ0) is 14.8. The maximum absolute atomic E-state index is 12.3. The maximum atomic E-state index is 12.3. The lowest BCUT2D eigenvalue weighted by atomic mass is 9.74. The first-order valence-electron chi connectivity index (χ1n) is 7.37. The van der Waals surface area contributed by atoms with Gasteiger partial charge in [-0.05, 0) is 33.6 Å². The summed E-state index contributed by atoms with van der Waals surface area (Å²) in [5, 5.41) is 10.9. The molecule has 1 aliphatic carbocycles. The number of carbonyl (C=O) groups is 1. The van der Waals surface area contributed by atoms with Gasteiger partial charge in [-0.15, -0.1) is 35.0 Å². The van der Waals surface area contributed by atoms with Crippen LogP contribution in [0.3, 0.4) is 0 Å². The van der Waals surface area contributed by atoms with E-state index in [1.165, 1.54) is 0 Å². The van der Waals surface area contributed by atoms with Crippen LogP contribution in [0.15, 0.2) is 6.33 Å². The first-order valence-corrected chi connectivity index (χ1v) is 7.37. The highest BCUT2D eigenvalue weighted by Gasteiger charge is 2.37. The smallest absolute Gasteiger partial charge is 0.225 e. The van der Waals surface area contributed by atoms with Gasteiger partial charge in [0.1, 0.15) is 6.33 Å². The number of halogens is 2. The number of nitrogens with zero attached hydrogens (tertiary/aromatic N) is 3. The summed E-state index contributed by atoms with van der Waals surface area (Å²) in [6.45, 7) is 6.51. The largest absolute Gasteiger partial charge is 0.348 e. The van der Waals surface area contributed by atoms with Crippen LogP contribution in [0.5, 0.6) is 0 Å². The van der Waals surface area contributed by atoms with Crippen LogP contribution in [0.25, 0.3) is 0 Å². The summed E-state index contributed by atoms with van der Waals surface area (Å²) in [6.07, 6.45) is 5.66. The van der Waals surface area contributed by atoms with Crippen LogP contribution in [0.2, 0.25) is 0 Å². The third-order valence-electron chi connectivity index (χ3n) is 4.20. The van der Waals surface area contributed by atoms with E-state index in [4.69, 9.17) is 5.73 Å². The quantitative estimate of drug-likeness (QED) is 0.870. The Balaban J connectivity index is 0.00000220. The molecule has 3 N–H and O–H groups in total. The Morgan fingerprint density at radius 2 is 2.18 bits per heavy atom. The number of rotatable bonds is 4. The molecule has 0 aromatic carbocycles. The molecule has 0 bridgehead atoms. The van der Waals surface area contributed by atoms with Gasteiger partial charge in [0.15, 0.2) is 5.82 Å². The van der Waals surface area contributed by atoms with E-state index in [2.05, 4.69) is 29.4 Å². The van der Waals surface area contributed by atoms with Crippen LogP contribution >= 0.6 is 24.8 Å². The average molecular weight is 352 g/mol. The van der Waals surface area contributed by atoms with E-state index in [0.717, 1.165) is 31.5 Å². The molecule has 0 spiro atoms. The Kier molecular flexibility index (Phi) is 8.36. The monoisotopic (exact) mass is 351 g/mol. The Morgan fingerprint density at radius 1 is 1.50 bits per heavy atom. The van der Waals surface area contributed by atoms with Gasteiger partial charge < -0.3 is 15.6 Å². The van der Waals surface area contributed by atoms with E-state index in [1.54, 1.807) is 6.33 Å². The lowest BCUT2D eigenvalue weighted by Crippen LogP contribution is -2.52. The van der Waals surface area contributed by atoms with Crippen molar-refractivity contribution in [2.45, 2.75) is 64.6 Å². The Hall–Kier alpha value is -0.850. The summed E-state index contributed by atoms with van der Waals surface area (Å²) in [6, 6.07) is 0.284. The van der Waals surface area contributed by atoms with Gasteiger partial charge in [-0.3, -0.25) is 4.79 Å². The molecule has 8 heteroatoms. The van der Waals surface area contributed by atoms with Crippen LogP contribution in [0.1, 0.15) is 58.3 Å². The molecule has 0 saturated heterocycles. The highest BCUT2D eigenvalue weighted by molar-refractivity contribution is 5.85. The number of nitrogens with one attached hydrogen (secondary N) is 1. The Labute approximate surface area is 144 Å². The molecule has 1 heterocycles. The van der Waals surface area contributed by atoms with Gasteiger partial charge >= 0.3 is 0 Å². The lowest BCUT2D eigenvalue weighted by molar-refractivity contribution is -0.128. The molecule has 128 valence electrons. The second-order valence-electron chi connectivity index (χ2n) is 6.27. The molecule has 2 rings (SSSR count). The molecule has 1 saturated carbocycles. The fourth-order valence-electron chi connectivity index (χ4n) is 2.90. The van der Waals surface area contributed by atoms with Gasteiger partial charge in [0.25, 0.3) is 0 Å². The second kappa shape index (κ2) is 8.70. The van der Waals surface area contributed by atoms with Gasteiger partial charge in [0.05, 0.1) is 12.5 Å². The van der Waals surface area contributed by atoms with E-state index in [-0.39, 0.29) is 42.7 Å². The van der Waals surface area contributed by atoms with Crippen molar-refractivity contribution >= 4 is 30.7 Å². The van der Waals surface area contributed by atoms with Crippen molar-refractivity contribution in [2.24, 2.45) is 11.7 Å². The summed E-state index contributed by atoms with van der Waals surface area (Å²) >= 11 is 0. The summed E-state index contributed by atoms with van der Waals surface area (Å²) in [7, 11) is 0. The van der Waals surface area contributed by atoms with E-state index in [9.17, 15) is 4.79 Å². The van der Waals surface area contributed by atoms with Crippen LogP contribution in [-0.2, 0) is 11.3 Å². The van der Waals surface area contributed by atoms with E-state index < -0.39 is 5.54 Å². The number of aromatic nitrogens is 3. The van der Waals surface area contributed by atoms with Crippen molar-refractivity contribution in [3.63, 3.8) is 0 Å². The van der Waals surface area contributed by atoms with Gasteiger partial charge in [0, 0.05) is 11.6 Å². The van der Waals surface area contributed by atoms with Crippen LogP contribution in [0.4, 0.5) is 0 Å². The number of carbonyl (C=O) groups excluding carboxylic acids is 1. The van der Waals surface area contributed by atoms with E-state index >= 15 is 0 Å². The minimum Gasteiger partial charge on any atom is -0.348 e. The molecule has 1 aromatic rings. The van der Waals surface area contributed by atoms with E-state index in [0.29, 0.717) is 6.54 Å². The molecule has 1 aromatic heterocycles. The summed E-state index contributed by atoms with van der Waals surface area (Å²) in [5.41, 5.74) is 5.86. The Morgan fingerprint density at radius 3 is 2.77 bits per heavy atom. The first-order chi connectivity index (χ1) is 9.42. The normalized spacial score (nSPS) is 24.3. The average Bonchev–Trinajstić information content (AvgIpc) is 2.83. The molecule has 6 nitrogen and oxygen atoms in total. The standard InChI is InChI=1S/C14H25N5O.2ClH/c1-10(2)19-9-17-18-12(19)8-16-13(20)11-6-4-5-7-14(11,3)15;;/h9-11H,4-8,15H2,1-3H3,(H,16,20);2*1H. The highest BCUT2D eigenvalue weighted by atomic mass is 35.5. The molecule has 0 aliphatic heterocycles. The van der Waals surface area contributed by atoms with Crippen molar-refractivity contribution in [3.8, 4) is 0 Å². The van der Waals surface area contributed by atoms with Gasteiger partial charge in [0.2, 0.25) is 5.91 Å².